The summed E-state index contributed by atoms with van der Waals surface area (Å²) in [5, 5.41) is 20.7. The Kier molecular flexibility index (Phi) is 9.36. The molecule has 1 aromatic carbocycles. The summed E-state index contributed by atoms with van der Waals surface area (Å²) in [6, 6.07) is 9.94. The molecule has 2 rings (SSSR count). The SMILES string of the molecule is CCC1C=CC(=O)OC1C(C)CC(C)C(O)CC(O)/C=C/C=C/c1ccccc1. The molecule has 0 bridgehead atoms. The Bertz CT molecular complexity index is 707. The second-order valence-corrected chi connectivity index (χ2v) is 8.05. The van der Waals surface area contributed by atoms with Crippen LogP contribution in [-0.4, -0.2) is 34.5 Å². The number of carbonyl (C=O) groups excluding carboxylic acids is 1. The molecule has 0 saturated carbocycles. The smallest absolute Gasteiger partial charge is 0.330 e. The van der Waals surface area contributed by atoms with Gasteiger partial charge in [-0.05, 0) is 30.2 Å². The first-order valence-electron chi connectivity index (χ1n) is 10.6. The Morgan fingerprint density at radius 2 is 1.83 bits per heavy atom. The van der Waals surface area contributed by atoms with Gasteiger partial charge in [0.25, 0.3) is 0 Å². The third-order valence-corrected chi connectivity index (χ3v) is 5.60. The normalized spacial score (nSPS) is 23.8. The molecule has 0 radical (unpaired) electrons. The zero-order chi connectivity index (χ0) is 21.2. The number of rotatable bonds is 10. The molecule has 0 amide bonds. The van der Waals surface area contributed by atoms with Gasteiger partial charge < -0.3 is 14.9 Å². The Balaban J connectivity index is 1.80. The van der Waals surface area contributed by atoms with Crippen LogP contribution in [0.15, 0.2) is 60.7 Å². The third kappa shape index (κ3) is 7.64. The number of hydrogen-bond acceptors (Lipinski definition) is 4. The molecule has 4 heteroatoms. The maximum absolute atomic E-state index is 11.6. The minimum atomic E-state index is -0.706. The lowest BCUT2D eigenvalue weighted by molar-refractivity contribution is -0.150. The van der Waals surface area contributed by atoms with Crippen molar-refractivity contribution in [2.45, 2.75) is 58.3 Å². The van der Waals surface area contributed by atoms with Crippen molar-refractivity contribution in [1.29, 1.82) is 0 Å². The van der Waals surface area contributed by atoms with Crippen molar-refractivity contribution in [3.63, 3.8) is 0 Å². The fraction of sp³-hybridized carbons (Fsp3) is 0.480. The lowest BCUT2D eigenvalue weighted by Crippen LogP contribution is -2.36. The van der Waals surface area contributed by atoms with Crippen molar-refractivity contribution in [3.8, 4) is 0 Å². The lowest BCUT2D eigenvalue weighted by Gasteiger charge is -2.33. The van der Waals surface area contributed by atoms with E-state index in [-0.39, 0.29) is 36.2 Å². The number of allylic oxidation sites excluding steroid dienone is 2. The van der Waals surface area contributed by atoms with Crippen LogP contribution in [0.5, 0.6) is 0 Å². The van der Waals surface area contributed by atoms with E-state index in [0.717, 1.165) is 18.4 Å². The summed E-state index contributed by atoms with van der Waals surface area (Å²) in [5.74, 6) is 0.0656. The molecule has 29 heavy (non-hydrogen) atoms. The van der Waals surface area contributed by atoms with Gasteiger partial charge in [-0.2, -0.15) is 0 Å². The second-order valence-electron chi connectivity index (χ2n) is 8.05. The van der Waals surface area contributed by atoms with Gasteiger partial charge in [-0.15, -0.1) is 0 Å². The number of aliphatic hydroxyl groups is 2. The number of esters is 1. The molecular formula is C25H34O4. The van der Waals surface area contributed by atoms with Crippen molar-refractivity contribution < 1.29 is 19.7 Å². The van der Waals surface area contributed by atoms with E-state index in [1.807, 2.05) is 55.5 Å². The quantitative estimate of drug-likeness (QED) is 0.449. The maximum atomic E-state index is 11.6. The van der Waals surface area contributed by atoms with E-state index in [0.29, 0.717) is 0 Å². The summed E-state index contributed by atoms with van der Waals surface area (Å²) >= 11 is 0. The van der Waals surface area contributed by atoms with Gasteiger partial charge in [-0.3, -0.25) is 0 Å². The summed E-state index contributed by atoms with van der Waals surface area (Å²) in [7, 11) is 0. The van der Waals surface area contributed by atoms with Gasteiger partial charge in [0.2, 0.25) is 0 Å². The monoisotopic (exact) mass is 398 g/mol. The molecule has 0 saturated heterocycles. The van der Waals surface area contributed by atoms with E-state index < -0.39 is 12.2 Å². The highest BCUT2D eigenvalue weighted by molar-refractivity contribution is 5.83. The van der Waals surface area contributed by atoms with Gasteiger partial charge in [0, 0.05) is 18.4 Å². The first kappa shape index (κ1) is 23.1. The van der Waals surface area contributed by atoms with Crippen molar-refractivity contribution in [2.75, 3.05) is 0 Å². The molecule has 0 aromatic heterocycles. The molecule has 0 fully saturated rings. The van der Waals surface area contributed by atoms with E-state index in [1.165, 1.54) is 6.08 Å². The van der Waals surface area contributed by atoms with Crippen molar-refractivity contribution in [3.05, 3.63) is 66.3 Å². The van der Waals surface area contributed by atoms with Crippen molar-refractivity contribution in [1.82, 2.24) is 0 Å². The fourth-order valence-corrected chi connectivity index (χ4v) is 3.84. The summed E-state index contributed by atoms with van der Waals surface area (Å²) in [6.07, 6.45) is 11.2. The molecule has 1 aromatic rings. The van der Waals surface area contributed by atoms with E-state index >= 15 is 0 Å². The van der Waals surface area contributed by atoms with Crippen molar-refractivity contribution in [2.24, 2.45) is 17.8 Å². The Hall–Kier alpha value is -2.17. The van der Waals surface area contributed by atoms with E-state index in [4.69, 9.17) is 4.74 Å². The second kappa shape index (κ2) is 11.7. The molecule has 158 valence electrons. The number of aliphatic hydroxyl groups excluding tert-OH is 2. The number of benzene rings is 1. The molecule has 2 N–H and O–H groups in total. The number of cyclic esters (lactones) is 1. The molecule has 6 unspecified atom stereocenters. The number of carbonyl (C=O) groups is 1. The topological polar surface area (TPSA) is 66.8 Å². The largest absolute Gasteiger partial charge is 0.458 e. The maximum Gasteiger partial charge on any atom is 0.330 e. The van der Waals surface area contributed by atoms with Crippen LogP contribution in [0.4, 0.5) is 0 Å². The standard InChI is InChI=1S/C25H34O4/c1-4-21-14-15-24(28)29-25(21)19(3)16-18(2)23(27)17-22(26)13-9-8-12-20-10-6-5-7-11-20/h5-15,18-19,21-23,25-27H,4,16-17H2,1-3H3/b12-8+,13-9+. The Morgan fingerprint density at radius 1 is 1.10 bits per heavy atom. The average Bonchev–Trinajstić information content (AvgIpc) is 2.71. The summed E-state index contributed by atoms with van der Waals surface area (Å²) in [6.45, 7) is 6.13. The molecule has 1 aliphatic rings. The third-order valence-electron chi connectivity index (χ3n) is 5.60. The van der Waals surface area contributed by atoms with Crippen LogP contribution in [0.25, 0.3) is 6.08 Å². The number of hydrogen-bond donors (Lipinski definition) is 2. The van der Waals surface area contributed by atoms with Gasteiger partial charge in [0.05, 0.1) is 12.2 Å². The van der Waals surface area contributed by atoms with E-state index in [2.05, 4.69) is 13.8 Å². The Morgan fingerprint density at radius 3 is 2.52 bits per heavy atom. The summed E-state index contributed by atoms with van der Waals surface area (Å²) < 4.78 is 5.54. The zero-order valence-electron chi connectivity index (χ0n) is 17.6. The predicted octanol–water partition coefficient (Wildman–Crippen LogP) is 4.54. The first-order valence-corrected chi connectivity index (χ1v) is 10.6. The van der Waals surface area contributed by atoms with Crippen molar-refractivity contribution >= 4 is 12.0 Å². The van der Waals surface area contributed by atoms with Crippen LogP contribution in [0.2, 0.25) is 0 Å². The van der Waals surface area contributed by atoms with E-state index in [9.17, 15) is 15.0 Å². The predicted molar refractivity (Wildman–Crippen MR) is 117 cm³/mol. The molecule has 6 atom stereocenters. The van der Waals surface area contributed by atoms with Gasteiger partial charge in [-0.1, -0.05) is 81.5 Å². The van der Waals surface area contributed by atoms with Crippen LogP contribution >= 0.6 is 0 Å². The van der Waals surface area contributed by atoms with E-state index in [1.54, 1.807) is 12.2 Å². The molecule has 0 aliphatic carbocycles. The minimum absolute atomic E-state index is 0.00461. The summed E-state index contributed by atoms with van der Waals surface area (Å²) in [5.41, 5.74) is 1.10. The molecule has 4 nitrogen and oxygen atoms in total. The number of ether oxygens (including phenoxy) is 1. The average molecular weight is 399 g/mol. The van der Waals surface area contributed by atoms with Gasteiger partial charge in [0.1, 0.15) is 6.10 Å². The Labute approximate surface area is 174 Å². The van der Waals surface area contributed by atoms with Crippen LogP contribution < -0.4 is 0 Å². The molecule has 1 aliphatic heterocycles. The minimum Gasteiger partial charge on any atom is -0.458 e. The van der Waals surface area contributed by atoms with Crippen LogP contribution in [0, 0.1) is 17.8 Å². The lowest BCUT2D eigenvalue weighted by atomic mass is 9.81. The summed E-state index contributed by atoms with van der Waals surface area (Å²) in [4.78, 5) is 11.6. The molecule has 0 spiro atoms. The van der Waals surface area contributed by atoms with Crippen LogP contribution in [-0.2, 0) is 9.53 Å². The van der Waals surface area contributed by atoms with Gasteiger partial charge in [-0.25, -0.2) is 4.79 Å². The molecular weight excluding hydrogens is 364 g/mol. The fourth-order valence-electron chi connectivity index (χ4n) is 3.84. The highest BCUT2D eigenvalue weighted by atomic mass is 16.5. The highest BCUT2D eigenvalue weighted by Gasteiger charge is 2.32. The molecule has 1 heterocycles. The van der Waals surface area contributed by atoms with Crippen LogP contribution in [0.1, 0.15) is 45.6 Å². The van der Waals surface area contributed by atoms with Gasteiger partial charge in [0.15, 0.2) is 0 Å². The highest BCUT2D eigenvalue weighted by Crippen LogP contribution is 2.30. The zero-order valence-corrected chi connectivity index (χ0v) is 17.6. The van der Waals surface area contributed by atoms with Gasteiger partial charge >= 0.3 is 5.97 Å². The first-order chi connectivity index (χ1) is 13.9. The van der Waals surface area contributed by atoms with Crippen LogP contribution in [0.3, 0.4) is 0 Å².